The zero-order valence-corrected chi connectivity index (χ0v) is 16.9. The van der Waals surface area contributed by atoms with Crippen molar-refractivity contribution in [1.82, 2.24) is 9.59 Å². The molecular formula is C21H21N3O4S. The molecule has 1 atom stereocenters. The van der Waals surface area contributed by atoms with Gasteiger partial charge in [0.1, 0.15) is 5.75 Å². The van der Waals surface area contributed by atoms with E-state index in [4.69, 9.17) is 9.47 Å². The van der Waals surface area contributed by atoms with Gasteiger partial charge >= 0.3 is 5.97 Å². The number of aromatic nitrogens is 2. The van der Waals surface area contributed by atoms with Crippen molar-refractivity contribution >= 4 is 29.1 Å². The second-order valence-corrected chi connectivity index (χ2v) is 6.77. The van der Waals surface area contributed by atoms with Gasteiger partial charge in [-0.3, -0.25) is 4.79 Å². The molecule has 1 aromatic heterocycles. The van der Waals surface area contributed by atoms with Gasteiger partial charge in [-0.1, -0.05) is 53.9 Å². The smallest absolute Gasteiger partial charge is 0.353 e. The fourth-order valence-corrected chi connectivity index (χ4v) is 3.34. The Balaban J connectivity index is 1.86. The fourth-order valence-electron chi connectivity index (χ4n) is 2.71. The molecule has 0 radical (unpaired) electrons. The van der Waals surface area contributed by atoms with Gasteiger partial charge in [0.05, 0.1) is 18.0 Å². The van der Waals surface area contributed by atoms with Crippen LogP contribution in [-0.2, 0) is 16.0 Å². The Labute approximate surface area is 172 Å². The molecule has 2 aromatic carbocycles. The number of nitrogens with zero attached hydrogens (tertiary/aromatic N) is 2. The van der Waals surface area contributed by atoms with E-state index >= 15 is 0 Å². The summed E-state index contributed by atoms with van der Waals surface area (Å²) in [5.41, 5.74) is 1.61. The van der Waals surface area contributed by atoms with Gasteiger partial charge < -0.3 is 14.8 Å². The number of carbonyl (C=O) groups excluding carboxylic acids is 2. The second kappa shape index (κ2) is 9.79. The van der Waals surface area contributed by atoms with Crippen LogP contribution in [0.15, 0.2) is 54.6 Å². The maximum atomic E-state index is 13.1. The summed E-state index contributed by atoms with van der Waals surface area (Å²) in [7, 11) is 0. The number of anilines is 1. The van der Waals surface area contributed by atoms with Crippen molar-refractivity contribution in [2.24, 2.45) is 0 Å². The lowest BCUT2D eigenvalue weighted by Crippen LogP contribution is -2.26. The van der Waals surface area contributed by atoms with Crippen molar-refractivity contribution < 1.29 is 19.1 Å². The number of hydrogen-bond acceptors (Lipinski definition) is 7. The minimum absolute atomic E-state index is 0.302. The average Bonchev–Trinajstić information content (AvgIpc) is 3.23. The summed E-state index contributed by atoms with van der Waals surface area (Å²) in [6.45, 7) is 4.20. The minimum Gasteiger partial charge on any atom is -0.492 e. The van der Waals surface area contributed by atoms with Crippen molar-refractivity contribution in [3.63, 3.8) is 0 Å². The normalized spacial score (nSPS) is 11.5. The van der Waals surface area contributed by atoms with Crippen LogP contribution in [0.5, 0.6) is 5.75 Å². The van der Waals surface area contributed by atoms with Crippen LogP contribution in [0.1, 0.15) is 40.9 Å². The Morgan fingerprint density at radius 3 is 2.52 bits per heavy atom. The Kier molecular flexibility index (Phi) is 6.91. The molecule has 1 amide bonds. The molecular weight excluding hydrogens is 390 g/mol. The molecule has 3 aromatic rings. The first kappa shape index (κ1) is 20.5. The summed E-state index contributed by atoms with van der Waals surface area (Å²) in [5, 5.41) is 6.74. The van der Waals surface area contributed by atoms with Gasteiger partial charge in [-0.15, -0.1) is 5.10 Å². The largest absolute Gasteiger partial charge is 0.492 e. The highest BCUT2D eigenvalue weighted by Crippen LogP contribution is 2.27. The van der Waals surface area contributed by atoms with Gasteiger partial charge in [0.2, 0.25) is 6.10 Å². The van der Waals surface area contributed by atoms with E-state index < -0.39 is 18.0 Å². The van der Waals surface area contributed by atoms with E-state index in [9.17, 15) is 9.59 Å². The maximum Gasteiger partial charge on any atom is 0.353 e. The van der Waals surface area contributed by atoms with Gasteiger partial charge in [-0.2, -0.15) is 0 Å². The van der Waals surface area contributed by atoms with Gasteiger partial charge in [0, 0.05) is 5.56 Å². The predicted octanol–water partition coefficient (Wildman–Crippen LogP) is 4.04. The summed E-state index contributed by atoms with van der Waals surface area (Å²) in [6.07, 6.45) is -0.588. The van der Waals surface area contributed by atoms with Gasteiger partial charge in [-0.05, 0) is 37.0 Å². The molecule has 0 aliphatic carbocycles. The molecule has 0 unspecified atom stereocenters. The fraction of sp³-hybridized carbons (Fsp3) is 0.238. The van der Waals surface area contributed by atoms with Crippen LogP contribution in [0.3, 0.4) is 0 Å². The average molecular weight is 411 g/mol. The molecule has 0 saturated carbocycles. The van der Waals surface area contributed by atoms with Crippen LogP contribution < -0.4 is 10.1 Å². The Morgan fingerprint density at radius 1 is 1.07 bits per heavy atom. The quantitative estimate of drug-likeness (QED) is 0.563. The number of carbonyl (C=O) groups is 2. The number of aryl methyl sites for hydroxylation is 1. The van der Waals surface area contributed by atoms with Crippen LogP contribution in [0.2, 0.25) is 0 Å². The number of hydrogen-bond donors (Lipinski definition) is 1. The van der Waals surface area contributed by atoms with Crippen molar-refractivity contribution in [1.29, 1.82) is 0 Å². The van der Waals surface area contributed by atoms with E-state index in [2.05, 4.69) is 14.9 Å². The van der Waals surface area contributed by atoms with Crippen molar-refractivity contribution in [3.05, 3.63) is 70.7 Å². The lowest BCUT2D eigenvalue weighted by molar-refractivity contribution is -0.125. The first-order valence-corrected chi connectivity index (χ1v) is 10.0. The van der Waals surface area contributed by atoms with Crippen molar-refractivity contribution in [2.75, 3.05) is 11.9 Å². The Hall–Kier alpha value is -3.26. The van der Waals surface area contributed by atoms with E-state index in [1.54, 1.807) is 42.5 Å². The minimum atomic E-state index is -1.13. The van der Waals surface area contributed by atoms with Gasteiger partial charge in [0.15, 0.2) is 4.88 Å². The highest BCUT2D eigenvalue weighted by Gasteiger charge is 2.28. The molecule has 29 heavy (non-hydrogen) atoms. The van der Waals surface area contributed by atoms with Gasteiger partial charge in [0.25, 0.3) is 5.91 Å². The first-order chi connectivity index (χ1) is 14.1. The van der Waals surface area contributed by atoms with Crippen LogP contribution in [0, 0.1) is 0 Å². The van der Waals surface area contributed by atoms with Crippen LogP contribution in [-0.4, -0.2) is 28.1 Å². The third kappa shape index (κ3) is 4.97. The molecule has 1 N–H and O–H groups in total. The van der Waals surface area contributed by atoms with E-state index in [1.165, 1.54) is 0 Å². The van der Waals surface area contributed by atoms with Crippen LogP contribution in [0.4, 0.5) is 5.69 Å². The van der Waals surface area contributed by atoms with E-state index in [0.717, 1.165) is 11.5 Å². The Morgan fingerprint density at radius 2 is 1.79 bits per heavy atom. The zero-order chi connectivity index (χ0) is 20.6. The summed E-state index contributed by atoms with van der Waals surface area (Å²) in [5.74, 6) is -0.562. The standard InChI is InChI=1S/C21H21N3O4S/c1-3-15-19(29-24-23-15)21(26)28-18(14-10-6-5-7-11-14)20(25)22-16-12-8-9-13-17(16)27-4-2/h5-13,18H,3-4H2,1-2H3,(H,22,25)/t18-/m1/s1. The van der Waals surface area contributed by atoms with Crippen molar-refractivity contribution in [2.45, 2.75) is 26.4 Å². The van der Waals surface area contributed by atoms with Crippen molar-refractivity contribution in [3.8, 4) is 5.75 Å². The molecule has 0 spiro atoms. The molecule has 150 valence electrons. The molecule has 1 heterocycles. The monoisotopic (exact) mass is 411 g/mol. The van der Waals surface area contributed by atoms with E-state index in [-0.39, 0.29) is 0 Å². The zero-order valence-electron chi connectivity index (χ0n) is 16.1. The number of rotatable bonds is 8. The third-order valence-corrected chi connectivity index (χ3v) is 4.83. The number of ether oxygens (including phenoxy) is 2. The Bertz CT molecular complexity index is 975. The molecule has 0 saturated heterocycles. The molecule has 0 fully saturated rings. The molecule has 0 aliphatic rings. The third-order valence-electron chi connectivity index (χ3n) is 4.09. The van der Waals surface area contributed by atoms with Gasteiger partial charge in [-0.25, -0.2) is 4.79 Å². The number of esters is 1. The summed E-state index contributed by atoms with van der Waals surface area (Å²) in [6, 6.07) is 16.0. The molecule has 0 bridgehead atoms. The van der Waals surface area contributed by atoms with E-state index in [0.29, 0.717) is 40.6 Å². The summed E-state index contributed by atoms with van der Waals surface area (Å²) >= 11 is 0.957. The highest BCUT2D eigenvalue weighted by molar-refractivity contribution is 7.07. The topological polar surface area (TPSA) is 90.4 Å². The summed E-state index contributed by atoms with van der Waals surface area (Å²) < 4.78 is 15.0. The maximum absolute atomic E-state index is 13.1. The molecule has 0 aliphatic heterocycles. The number of amides is 1. The number of nitrogens with one attached hydrogen (secondary N) is 1. The van der Waals surface area contributed by atoms with Crippen LogP contribution in [0.25, 0.3) is 0 Å². The molecule has 3 rings (SSSR count). The summed E-state index contributed by atoms with van der Waals surface area (Å²) in [4.78, 5) is 26.1. The lowest BCUT2D eigenvalue weighted by atomic mass is 10.1. The number of benzene rings is 2. The molecule has 8 heteroatoms. The van der Waals surface area contributed by atoms with Crippen LogP contribution >= 0.6 is 11.5 Å². The highest BCUT2D eigenvalue weighted by atomic mass is 32.1. The molecule has 7 nitrogen and oxygen atoms in total. The van der Waals surface area contributed by atoms with E-state index in [1.807, 2.05) is 26.0 Å². The number of para-hydroxylation sites is 2. The predicted molar refractivity (Wildman–Crippen MR) is 110 cm³/mol. The second-order valence-electron chi connectivity index (χ2n) is 6.02. The SMILES string of the molecule is CCOc1ccccc1NC(=O)[C@H](OC(=O)c1snnc1CC)c1ccccc1. The lowest BCUT2D eigenvalue weighted by Gasteiger charge is -2.19. The first-order valence-electron chi connectivity index (χ1n) is 9.23.